The van der Waals surface area contributed by atoms with Crippen molar-refractivity contribution in [3.8, 4) is 22.6 Å². The lowest BCUT2D eigenvalue weighted by Crippen LogP contribution is -2.17. The molecular weight excluding hydrogens is 538 g/mol. The van der Waals surface area contributed by atoms with E-state index in [1.807, 2.05) is 13.8 Å². The van der Waals surface area contributed by atoms with Crippen molar-refractivity contribution in [1.29, 1.82) is 0 Å². The number of imide groups is 1. The number of hydrogen-bond donors (Lipinski definition) is 3. The molecule has 3 N–H and O–H groups in total. The number of carboxylic acid groups (broad SMARTS) is 2. The predicted molar refractivity (Wildman–Crippen MR) is 148 cm³/mol. The molecule has 4 aromatic rings. The summed E-state index contributed by atoms with van der Waals surface area (Å²) >= 11 is 0.804. The lowest BCUT2D eigenvalue weighted by atomic mass is 10.1. The zero-order valence-electron chi connectivity index (χ0n) is 21.2. The van der Waals surface area contributed by atoms with Crippen LogP contribution in [0.4, 0.5) is 4.79 Å². The van der Waals surface area contributed by atoms with Gasteiger partial charge in [0, 0.05) is 17.2 Å². The molecule has 10 nitrogen and oxygen atoms in total. The number of thioether (sulfide) groups is 1. The van der Waals surface area contributed by atoms with Crippen LogP contribution >= 0.6 is 11.8 Å². The molecule has 1 saturated heterocycles. The van der Waals surface area contributed by atoms with Crippen molar-refractivity contribution in [1.82, 2.24) is 5.32 Å². The number of aromatic carboxylic acids is 2. The molecule has 1 aliphatic heterocycles. The number of rotatable bonds is 6. The second kappa shape index (κ2) is 13.6. The minimum absolute atomic E-state index is 0.158. The lowest BCUT2D eigenvalue weighted by molar-refractivity contribution is -0.115. The van der Waals surface area contributed by atoms with Gasteiger partial charge in [0.2, 0.25) is 0 Å². The van der Waals surface area contributed by atoms with Gasteiger partial charge in [0.05, 0.1) is 16.0 Å². The fraction of sp³-hybridized carbons (Fsp3) is 0.0690. The SMILES string of the molecule is CC.O=C1NC(=O)/C(=C/c2ccc(-c3cccc(C(=O)O)c3)o2)S1.O=Cc1ccc(-c2cccc(C(=O)O)c2)o1. The molecule has 204 valence electrons. The number of carbonyl (C=O) groups excluding carboxylic acids is 3. The van der Waals surface area contributed by atoms with Gasteiger partial charge in [-0.15, -0.1) is 0 Å². The quantitative estimate of drug-likeness (QED) is 0.176. The van der Waals surface area contributed by atoms with Gasteiger partial charge in [-0.05, 0) is 60.3 Å². The highest BCUT2D eigenvalue weighted by atomic mass is 32.2. The maximum atomic E-state index is 11.5. The molecule has 1 aliphatic rings. The van der Waals surface area contributed by atoms with Crippen LogP contribution in [0.15, 0.2) is 86.5 Å². The van der Waals surface area contributed by atoms with E-state index in [1.54, 1.807) is 42.5 Å². The van der Waals surface area contributed by atoms with E-state index in [4.69, 9.17) is 19.0 Å². The monoisotopic (exact) mass is 561 g/mol. The molecule has 0 atom stereocenters. The third-order valence-corrected chi connectivity index (χ3v) is 5.88. The molecule has 3 heterocycles. The number of amides is 2. The third kappa shape index (κ3) is 7.45. The topological polar surface area (TPSA) is 164 Å². The number of carbonyl (C=O) groups is 5. The molecule has 0 aliphatic carbocycles. The molecule has 2 aromatic heterocycles. The summed E-state index contributed by atoms with van der Waals surface area (Å²) in [7, 11) is 0. The Kier molecular flexibility index (Phi) is 9.98. The van der Waals surface area contributed by atoms with E-state index < -0.39 is 23.1 Å². The summed E-state index contributed by atoms with van der Waals surface area (Å²) in [4.78, 5) is 55.0. The van der Waals surface area contributed by atoms with E-state index >= 15 is 0 Å². The van der Waals surface area contributed by atoms with Crippen LogP contribution in [0.2, 0.25) is 0 Å². The highest BCUT2D eigenvalue weighted by molar-refractivity contribution is 8.18. The molecule has 0 spiro atoms. The molecule has 40 heavy (non-hydrogen) atoms. The van der Waals surface area contributed by atoms with Crippen LogP contribution in [-0.2, 0) is 4.79 Å². The second-order valence-electron chi connectivity index (χ2n) is 7.65. The minimum Gasteiger partial charge on any atom is -0.478 e. The Morgan fingerprint density at radius 3 is 1.70 bits per heavy atom. The van der Waals surface area contributed by atoms with Crippen LogP contribution in [-0.4, -0.2) is 39.6 Å². The summed E-state index contributed by atoms with van der Waals surface area (Å²) in [5, 5.41) is 19.5. The largest absolute Gasteiger partial charge is 0.478 e. The highest BCUT2D eigenvalue weighted by Crippen LogP contribution is 2.29. The van der Waals surface area contributed by atoms with Gasteiger partial charge in [0.1, 0.15) is 17.3 Å². The Labute approximate surface area is 232 Å². The van der Waals surface area contributed by atoms with Crippen LogP contribution < -0.4 is 5.32 Å². The van der Waals surface area contributed by atoms with E-state index in [2.05, 4.69) is 5.32 Å². The molecule has 0 saturated carbocycles. The molecule has 11 heteroatoms. The van der Waals surface area contributed by atoms with Crippen molar-refractivity contribution in [2.45, 2.75) is 13.8 Å². The molecule has 5 rings (SSSR count). The van der Waals surface area contributed by atoms with E-state index in [-0.39, 0.29) is 21.8 Å². The first-order valence-corrected chi connectivity index (χ1v) is 12.6. The Balaban J connectivity index is 0.000000217. The fourth-order valence-electron chi connectivity index (χ4n) is 3.32. The van der Waals surface area contributed by atoms with Crippen LogP contribution in [0, 0.1) is 0 Å². The molecule has 0 bridgehead atoms. The summed E-state index contributed by atoms with van der Waals surface area (Å²) in [6, 6.07) is 19.2. The van der Waals surface area contributed by atoms with Crippen molar-refractivity contribution in [3.05, 3.63) is 100 Å². The number of aldehydes is 1. The van der Waals surface area contributed by atoms with Crippen LogP contribution in [0.5, 0.6) is 0 Å². The van der Waals surface area contributed by atoms with Crippen LogP contribution in [0.3, 0.4) is 0 Å². The van der Waals surface area contributed by atoms with Gasteiger partial charge < -0.3 is 19.0 Å². The first-order chi connectivity index (χ1) is 19.2. The van der Waals surface area contributed by atoms with Crippen LogP contribution in [0.1, 0.15) is 50.9 Å². The van der Waals surface area contributed by atoms with Gasteiger partial charge in [-0.25, -0.2) is 9.59 Å². The zero-order valence-corrected chi connectivity index (χ0v) is 22.1. The van der Waals surface area contributed by atoms with Gasteiger partial charge in [-0.2, -0.15) is 0 Å². The van der Waals surface area contributed by atoms with Crippen molar-refractivity contribution in [2.75, 3.05) is 0 Å². The van der Waals surface area contributed by atoms with Gasteiger partial charge in [0.25, 0.3) is 11.1 Å². The van der Waals surface area contributed by atoms with Crippen molar-refractivity contribution >= 4 is 47.2 Å². The maximum absolute atomic E-state index is 11.5. The minimum atomic E-state index is -1.02. The summed E-state index contributed by atoms with van der Waals surface area (Å²) in [5.74, 6) is -0.896. The summed E-state index contributed by atoms with van der Waals surface area (Å²) in [6.07, 6.45) is 2.07. The Morgan fingerprint density at radius 2 is 1.27 bits per heavy atom. The van der Waals surface area contributed by atoms with Crippen molar-refractivity contribution in [2.24, 2.45) is 0 Å². The normalized spacial score (nSPS) is 13.0. The third-order valence-electron chi connectivity index (χ3n) is 5.07. The maximum Gasteiger partial charge on any atom is 0.335 e. The van der Waals surface area contributed by atoms with E-state index in [9.17, 15) is 24.0 Å². The molecule has 1 fully saturated rings. The summed E-state index contributed by atoms with van der Waals surface area (Å²) < 4.78 is 10.8. The molecule has 0 radical (unpaired) electrons. The summed E-state index contributed by atoms with van der Waals surface area (Å²) in [5.41, 5.74) is 1.59. The molecule has 2 amide bonds. The summed E-state index contributed by atoms with van der Waals surface area (Å²) in [6.45, 7) is 4.00. The standard InChI is InChI=1S/C15H9NO5S.C12H8O4.C2H6/c17-13-12(22-15(20)16-13)7-10-4-5-11(21-10)8-2-1-3-9(6-8)14(18)19;13-7-10-4-5-11(16-10)8-2-1-3-9(6-8)12(14)15;1-2/h1-7H,(H,18,19)(H,16,17,20);1-7H,(H,14,15);1-2H3/b12-7-;;. The lowest BCUT2D eigenvalue weighted by Gasteiger charge is -1.99. The number of carboxylic acids is 2. The molecule has 0 unspecified atom stereocenters. The first kappa shape index (κ1) is 29.4. The Hall–Kier alpha value is -5.16. The zero-order chi connectivity index (χ0) is 29.2. The van der Waals surface area contributed by atoms with Gasteiger partial charge >= 0.3 is 11.9 Å². The van der Waals surface area contributed by atoms with Crippen molar-refractivity contribution < 1.29 is 43.0 Å². The van der Waals surface area contributed by atoms with E-state index in [0.29, 0.717) is 34.7 Å². The molecule has 2 aromatic carbocycles. The smallest absolute Gasteiger partial charge is 0.335 e. The van der Waals surface area contributed by atoms with E-state index in [1.165, 1.54) is 36.4 Å². The van der Waals surface area contributed by atoms with Gasteiger partial charge in [-0.3, -0.25) is 19.7 Å². The van der Waals surface area contributed by atoms with E-state index in [0.717, 1.165) is 11.8 Å². The number of furan rings is 2. The first-order valence-electron chi connectivity index (χ1n) is 11.8. The predicted octanol–water partition coefficient (Wildman–Crippen LogP) is 6.45. The number of nitrogens with one attached hydrogen (secondary N) is 1. The number of benzene rings is 2. The Bertz CT molecular complexity index is 1600. The second-order valence-corrected chi connectivity index (χ2v) is 8.66. The fourth-order valence-corrected chi connectivity index (χ4v) is 3.98. The average molecular weight is 562 g/mol. The Morgan fingerprint density at radius 1 is 0.775 bits per heavy atom. The van der Waals surface area contributed by atoms with Crippen molar-refractivity contribution in [3.63, 3.8) is 0 Å². The van der Waals surface area contributed by atoms with Crippen LogP contribution in [0.25, 0.3) is 28.7 Å². The van der Waals surface area contributed by atoms with Gasteiger partial charge in [-0.1, -0.05) is 38.1 Å². The molecular formula is C29H23NO9S. The average Bonchev–Trinajstić information content (AvgIpc) is 3.71. The highest BCUT2D eigenvalue weighted by Gasteiger charge is 2.25. The number of hydrogen-bond acceptors (Lipinski definition) is 8. The van der Waals surface area contributed by atoms with Gasteiger partial charge in [0.15, 0.2) is 12.0 Å².